The molecule has 0 aliphatic heterocycles. The lowest BCUT2D eigenvalue weighted by atomic mass is 9.64. The molecule has 4 heteroatoms. The Morgan fingerprint density at radius 2 is 2.14 bits per heavy atom. The zero-order chi connectivity index (χ0) is 10.4. The number of benzene rings is 1. The first kappa shape index (κ1) is 10.3. The first-order valence-corrected chi connectivity index (χ1v) is 4.23. The number of nitrogens with zero attached hydrogens (tertiary/aromatic N) is 1. The van der Waals surface area contributed by atoms with Crippen LogP contribution in [-0.2, 0) is 11.2 Å². The van der Waals surface area contributed by atoms with E-state index in [4.69, 9.17) is 10.4 Å². The molecule has 0 bridgehead atoms. The van der Waals surface area contributed by atoms with Crippen molar-refractivity contribution in [2.24, 2.45) is 0 Å². The normalized spacial score (nSPS) is 11.4. The number of hydrogen-bond donors (Lipinski definition) is 1. The van der Waals surface area contributed by atoms with Crippen LogP contribution in [0.2, 0.25) is 5.82 Å². The molecule has 0 unspecified atom stereocenters. The fourth-order valence-electron chi connectivity index (χ4n) is 1.18. The van der Waals surface area contributed by atoms with E-state index < -0.39 is 11.8 Å². The number of carbonyl (C=O) groups is 1. The SMILES string of the molecule is N#C[B][C@@H](Cc1ccccc1)C(=O)O. The number of carboxylic acids is 1. The van der Waals surface area contributed by atoms with Crippen molar-refractivity contribution in [3.8, 4) is 5.97 Å². The topological polar surface area (TPSA) is 61.1 Å². The zero-order valence-corrected chi connectivity index (χ0v) is 7.55. The van der Waals surface area contributed by atoms with Gasteiger partial charge in [0.2, 0.25) is 0 Å². The number of carboxylic acid groups (broad SMARTS) is 1. The van der Waals surface area contributed by atoms with Gasteiger partial charge in [0.15, 0.2) is 0 Å². The van der Waals surface area contributed by atoms with Crippen LogP contribution < -0.4 is 0 Å². The molecule has 14 heavy (non-hydrogen) atoms. The van der Waals surface area contributed by atoms with Gasteiger partial charge in [-0.1, -0.05) is 30.3 Å². The van der Waals surface area contributed by atoms with Crippen LogP contribution in [0.15, 0.2) is 30.3 Å². The molecule has 1 rings (SSSR count). The van der Waals surface area contributed by atoms with E-state index in [0.29, 0.717) is 6.42 Å². The van der Waals surface area contributed by atoms with Gasteiger partial charge >= 0.3 is 0 Å². The molecule has 0 saturated carbocycles. The molecule has 0 fully saturated rings. The fourth-order valence-corrected chi connectivity index (χ4v) is 1.18. The lowest BCUT2D eigenvalue weighted by molar-refractivity contribution is -0.136. The Balaban J connectivity index is 2.66. The van der Waals surface area contributed by atoms with Crippen LogP contribution in [0.5, 0.6) is 0 Å². The molecule has 0 aliphatic carbocycles. The van der Waals surface area contributed by atoms with Gasteiger partial charge in [-0.2, -0.15) is 0 Å². The summed E-state index contributed by atoms with van der Waals surface area (Å²) < 4.78 is 0. The monoisotopic (exact) mass is 186 g/mol. The Morgan fingerprint density at radius 3 is 2.64 bits per heavy atom. The fraction of sp³-hybridized carbons (Fsp3) is 0.200. The minimum absolute atomic E-state index is 0.365. The van der Waals surface area contributed by atoms with Gasteiger partial charge in [-0.3, -0.25) is 4.79 Å². The van der Waals surface area contributed by atoms with Crippen molar-refractivity contribution in [2.75, 3.05) is 0 Å². The van der Waals surface area contributed by atoms with Gasteiger partial charge in [0.05, 0.1) is 0 Å². The molecule has 1 radical (unpaired) electrons. The summed E-state index contributed by atoms with van der Waals surface area (Å²) in [5.74, 6) is 0.0810. The molecule has 0 amide bonds. The van der Waals surface area contributed by atoms with E-state index in [9.17, 15) is 4.79 Å². The number of aliphatic carboxylic acids is 1. The summed E-state index contributed by atoms with van der Waals surface area (Å²) in [4.78, 5) is 10.7. The van der Waals surface area contributed by atoms with E-state index in [1.807, 2.05) is 30.3 Å². The van der Waals surface area contributed by atoms with Gasteiger partial charge in [-0.15, -0.1) is 0 Å². The van der Waals surface area contributed by atoms with Crippen LogP contribution in [0.3, 0.4) is 0 Å². The highest BCUT2D eigenvalue weighted by Crippen LogP contribution is 2.12. The summed E-state index contributed by atoms with van der Waals surface area (Å²) >= 11 is 0. The third kappa shape index (κ3) is 2.94. The third-order valence-electron chi connectivity index (χ3n) is 1.89. The number of nitriles is 1. The summed E-state index contributed by atoms with van der Waals surface area (Å²) in [6, 6.07) is 9.26. The van der Waals surface area contributed by atoms with Crippen LogP contribution >= 0.6 is 0 Å². The van der Waals surface area contributed by atoms with Gasteiger partial charge in [0, 0.05) is 5.82 Å². The van der Waals surface area contributed by atoms with Crippen LogP contribution in [0.4, 0.5) is 0 Å². The van der Waals surface area contributed by atoms with Crippen LogP contribution in [-0.4, -0.2) is 18.4 Å². The average Bonchev–Trinajstić information content (AvgIpc) is 2.18. The molecule has 3 nitrogen and oxygen atoms in total. The predicted octanol–water partition coefficient (Wildman–Crippen LogP) is 1.29. The van der Waals surface area contributed by atoms with Crippen molar-refractivity contribution in [1.82, 2.24) is 0 Å². The molecule has 1 aromatic rings. The highest BCUT2D eigenvalue weighted by molar-refractivity contribution is 6.51. The van der Waals surface area contributed by atoms with Crippen molar-refractivity contribution in [3.63, 3.8) is 0 Å². The van der Waals surface area contributed by atoms with E-state index in [2.05, 4.69) is 0 Å². The maximum absolute atomic E-state index is 10.7. The van der Waals surface area contributed by atoms with Crippen molar-refractivity contribution >= 4 is 13.2 Å². The molecule has 0 spiro atoms. The van der Waals surface area contributed by atoms with Crippen LogP contribution in [0.25, 0.3) is 0 Å². The summed E-state index contributed by atoms with van der Waals surface area (Å²) in [5.41, 5.74) is 0.923. The first-order valence-electron chi connectivity index (χ1n) is 4.23. The average molecular weight is 186 g/mol. The standard InChI is InChI=1S/C10H9BNO2/c12-7-11-9(10(13)14)6-8-4-2-1-3-5-8/h1-5,9H,6H2,(H,13,14)/t9-/m0/s1. The second-order valence-electron chi connectivity index (χ2n) is 2.93. The summed E-state index contributed by atoms with van der Waals surface area (Å²) in [5, 5.41) is 17.2. The maximum Gasteiger partial charge on any atom is 0.300 e. The smallest absolute Gasteiger partial charge is 0.300 e. The van der Waals surface area contributed by atoms with Gasteiger partial charge in [0.25, 0.3) is 13.2 Å². The van der Waals surface area contributed by atoms with Crippen molar-refractivity contribution in [2.45, 2.75) is 12.2 Å². The Morgan fingerprint density at radius 1 is 1.50 bits per heavy atom. The molecule has 1 atom stereocenters. The Kier molecular flexibility index (Phi) is 3.75. The quantitative estimate of drug-likeness (QED) is 0.720. The van der Waals surface area contributed by atoms with E-state index in [-0.39, 0.29) is 0 Å². The largest absolute Gasteiger partial charge is 0.482 e. The predicted molar refractivity (Wildman–Crippen MR) is 52.9 cm³/mol. The molecule has 1 N–H and O–H groups in total. The van der Waals surface area contributed by atoms with Crippen LogP contribution in [0.1, 0.15) is 5.56 Å². The molecule has 1 aromatic carbocycles. The minimum atomic E-state index is -0.963. The molecular formula is C10H9BNO2. The van der Waals surface area contributed by atoms with Crippen molar-refractivity contribution in [3.05, 3.63) is 35.9 Å². The maximum atomic E-state index is 10.7. The molecule has 0 heterocycles. The van der Waals surface area contributed by atoms with Crippen LogP contribution in [0, 0.1) is 11.2 Å². The Labute approximate surface area is 83.2 Å². The number of hydrogen-bond acceptors (Lipinski definition) is 2. The lowest BCUT2D eigenvalue weighted by Crippen LogP contribution is -2.16. The first-order chi connectivity index (χ1) is 6.74. The van der Waals surface area contributed by atoms with E-state index in [1.54, 1.807) is 5.97 Å². The number of rotatable bonds is 4. The van der Waals surface area contributed by atoms with Gasteiger partial charge in [0.1, 0.15) is 0 Å². The molecule has 0 aromatic heterocycles. The molecular weight excluding hydrogens is 177 g/mol. The lowest BCUT2D eigenvalue weighted by Gasteiger charge is -2.06. The molecule has 69 valence electrons. The second kappa shape index (κ2) is 5.08. The summed E-state index contributed by atoms with van der Waals surface area (Å²) in [6.07, 6.45) is 0.365. The van der Waals surface area contributed by atoms with Gasteiger partial charge in [-0.05, 0) is 18.0 Å². The highest BCUT2D eigenvalue weighted by Gasteiger charge is 2.18. The summed E-state index contributed by atoms with van der Waals surface area (Å²) in [7, 11) is 1.15. The van der Waals surface area contributed by atoms with Gasteiger partial charge in [-0.25, -0.2) is 5.26 Å². The Hall–Kier alpha value is -1.76. The summed E-state index contributed by atoms with van der Waals surface area (Å²) in [6.45, 7) is 0. The zero-order valence-electron chi connectivity index (χ0n) is 7.55. The van der Waals surface area contributed by atoms with E-state index >= 15 is 0 Å². The van der Waals surface area contributed by atoms with Crippen molar-refractivity contribution in [1.29, 1.82) is 5.26 Å². The van der Waals surface area contributed by atoms with Gasteiger partial charge < -0.3 is 5.11 Å². The molecule has 0 saturated heterocycles. The highest BCUT2D eigenvalue weighted by atomic mass is 16.4. The minimum Gasteiger partial charge on any atom is -0.482 e. The Bertz CT molecular complexity index is 345. The van der Waals surface area contributed by atoms with Crippen molar-refractivity contribution < 1.29 is 9.90 Å². The van der Waals surface area contributed by atoms with E-state index in [1.165, 1.54) is 0 Å². The second-order valence-corrected chi connectivity index (χ2v) is 2.93. The van der Waals surface area contributed by atoms with E-state index in [0.717, 1.165) is 12.8 Å². The third-order valence-corrected chi connectivity index (χ3v) is 1.89. The molecule has 0 aliphatic rings.